The van der Waals surface area contributed by atoms with Crippen molar-refractivity contribution < 1.29 is 4.74 Å². The van der Waals surface area contributed by atoms with Gasteiger partial charge in [-0.15, -0.1) is 0 Å². The zero-order chi connectivity index (χ0) is 11.0. The van der Waals surface area contributed by atoms with Gasteiger partial charge >= 0.3 is 0 Å². The Bertz CT molecular complexity index is 626. The third kappa shape index (κ3) is 1.34. The van der Waals surface area contributed by atoms with Crippen molar-refractivity contribution in [2.45, 2.75) is 0 Å². The zero-order valence-electron chi connectivity index (χ0n) is 8.46. The summed E-state index contributed by atoms with van der Waals surface area (Å²) in [5.74, 6) is 0.760. The first-order valence-electron chi connectivity index (χ1n) is 4.99. The van der Waals surface area contributed by atoms with Gasteiger partial charge in [0.05, 0.1) is 5.69 Å². The molecule has 0 atom stereocenters. The van der Waals surface area contributed by atoms with Crippen LogP contribution in [0.5, 0.6) is 5.75 Å². The molecule has 2 heterocycles. The van der Waals surface area contributed by atoms with Crippen LogP contribution in [0.15, 0.2) is 53.7 Å². The van der Waals surface area contributed by atoms with E-state index in [1.165, 1.54) is 6.07 Å². The summed E-state index contributed by atoms with van der Waals surface area (Å²) < 4.78 is 7.34. The maximum Gasteiger partial charge on any atom is 0.182 e. The van der Waals surface area contributed by atoms with E-state index in [2.05, 4.69) is 0 Å². The molecule has 16 heavy (non-hydrogen) atoms. The highest BCUT2D eigenvalue weighted by Crippen LogP contribution is 2.30. The maximum absolute atomic E-state index is 11.4. The van der Waals surface area contributed by atoms with E-state index in [0.717, 1.165) is 17.0 Å². The third-order valence-corrected chi connectivity index (χ3v) is 2.54. The molecule has 0 unspecified atom stereocenters. The summed E-state index contributed by atoms with van der Waals surface area (Å²) in [5.41, 5.74) is 1.76. The molecule has 2 aromatic rings. The molecular formula is C13H9NO2. The number of ether oxygens (including phenoxy) is 1. The van der Waals surface area contributed by atoms with Crippen LogP contribution in [0.3, 0.4) is 0 Å². The number of benzene rings is 1. The Morgan fingerprint density at radius 3 is 2.94 bits per heavy atom. The summed E-state index contributed by atoms with van der Waals surface area (Å²) in [6.07, 6.45) is 5.13. The van der Waals surface area contributed by atoms with Crippen molar-refractivity contribution in [3.05, 3.63) is 59.1 Å². The molecule has 0 aliphatic carbocycles. The zero-order valence-corrected chi connectivity index (χ0v) is 8.46. The van der Waals surface area contributed by atoms with Crippen LogP contribution in [0.25, 0.3) is 17.5 Å². The van der Waals surface area contributed by atoms with Crippen molar-refractivity contribution >= 4 is 6.20 Å². The fourth-order valence-corrected chi connectivity index (χ4v) is 1.79. The van der Waals surface area contributed by atoms with Gasteiger partial charge in [-0.3, -0.25) is 4.79 Å². The van der Waals surface area contributed by atoms with Gasteiger partial charge < -0.3 is 9.30 Å². The van der Waals surface area contributed by atoms with E-state index in [1.54, 1.807) is 24.7 Å². The Labute approximate surface area is 92.2 Å². The first-order chi connectivity index (χ1) is 7.84. The highest BCUT2D eigenvalue weighted by molar-refractivity contribution is 5.70. The standard InChI is InChI=1S/C13H9NO2/c15-10-5-6-14-7-8-16-13-4-2-1-3-11(13)12(14)9-10/h1-9H. The van der Waals surface area contributed by atoms with E-state index in [0.29, 0.717) is 0 Å². The minimum absolute atomic E-state index is 0.00338. The third-order valence-electron chi connectivity index (χ3n) is 2.54. The highest BCUT2D eigenvalue weighted by atomic mass is 16.5. The summed E-state index contributed by atoms with van der Waals surface area (Å²) in [6.45, 7) is 0. The Kier molecular flexibility index (Phi) is 1.90. The molecule has 0 saturated carbocycles. The second-order valence-corrected chi connectivity index (χ2v) is 3.55. The van der Waals surface area contributed by atoms with Crippen LogP contribution in [0.1, 0.15) is 0 Å². The Morgan fingerprint density at radius 2 is 2.00 bits per heavy atom. The van der Waals surface area contributed by atoms with Crippen molar-refractivity contribution in [3.63, 3.8) is 0 Å². The number of para-hydroxylation sites is 1. The Hall–Kier alpha value is -2.29. The predicted octanol–water partition coefficient (Wildman–Crippen LogP) is 2.34. The smallest absolute Gasteiger partial charge is 0.182 e. The van der Waals surface area contributed by atoms with E-state index >= 15 is 0 Å². The lowest BCUT2D eigenvalue weighted by Crippen LogP contribution is -2.03. The average Bonchev–Trinajstić information content (AvgIpc) is 2.48. The molecule has 1 aromatic carbocycles. The number of aromatic nitrogens is 1. The summed E-state index contributed by atoms with van der Waals surface area (Å²) in [6, 6.07) is 10.8. The largest absolute Gasteiger partial charge is 0.463 e. The van der Waals surface area contributed by atoms with Crippen LogP contribution in [-0.2, 0) is 0 Å². The topological polar surface area (TPSA) is 31.2 Å². The van der Waals surface area contributed by atoms with Crippen LogP contribution in [-0.4, -0.2) is 4.57 Å². The SMILES string of the molecule is O=c1ccn2c(c1)-c1ccccc1OC=C2. The predicted molar refractivity (Wildman–Crippen MR) is 62.1 cm³/mol. The normalized spacial score (nSPS) is 12.2. The number of hydrogen-bond donors (Lipinski definition) is 0. The van der Waals surface area contributed by atoms with Crippen LogP contribution in [0.2, 0.25) is 0 Å². The van der Waals surface area contributed by atoms with Crippen molar-refractivity contribution in [1.29, 1.82) is 0 Å². The van der Waals surface area contributed by atoms with E-state index in [1.807, 2.05) is 28.8 Å². The lowest BCUT2D eigenvalue weighted by molar-refractivity contribution is 0.487. The molecule has 0 N–H and O–H groups in total. The van der Waals surface area contributed by atoms with Gasteiger partial charge in [0.15, 0.2) is 5.43 Å². The molecule has 3 rings (SSSR count). The van der Waals surface area contributed by atoms with Gasteiger partial charge in [0, 0.05) is 30.1 Å². The number of rotatable bonds is 0. The Balaban J connectivity index is 2.37. The molecule has 0 fully saturated rings. The van der Waals surface area contributed by atoms with E-state index in [4.69, 9.17) is 4.74 Å². The molecule has 0 amide bonds. The molecule has 1 aromatic heterocycles. The summed E-state index contributed by atoms with van der Waals surface area (Å²) in [7, 11) is 0. The molecule has 78 valence electrons. The van der Waals surface area contributed by atoms with Crippen molar-refractivity contribution in [2.75, 3.05) is 0 Å². The average molecular weight is 211 g/mol. The molecule has 0 radical (unpaired) electrons. The fraction of sp³-hybridized carbons (Fsp3) is 0. The first-order valence-corrected chi connectivity index (χ1v) is 4.99. The summed E-state index contributed by atoms with van der Waals surface area (Å²) in [4.78, 5) is 11.4. The number of fused-ring (bicyclic) bond motifs is 3. The second kappa shape index (κ2) is 3.38. The lowest BCUT2D eigenvalue weighted by atomic mass is 10.1. The van der Waals surface area contributed by atoms with E-state index in [9.17, 15) is 4.79 Å². The molecule has 0 saturated heterocycles. The molecule has 0 spiro atoms. The van der Waals surface area contributed by atoms with Crippen LogP contribution in [0.4, 0.5) is 0 Å². The van der Waals surface area contributed by atoms with Crippen molar-refractivity contribution in [2.24, 2.45) is 0 Å². The van der Waals surface area contributed by atoms with Crippen LogP contribution < -0.4 is 10.2 Å². The molecule has 1 aliphatic rings. The Morgan fingerprint density at radius 1 is 1.12 bits per heavy atom. The van der Waals surface area contributed by atoms with Gasteiger partial charge in [0.25, 0.3) is 0 Å². The minimum atomic E-state index is -0.00338. The van der Waals surface area contributed by atoms with Gasteiger partial charge in [-0.05, 0) is 12.1 Å². The van der Waals surface area contributed by atoms with Crippen LogP contribution in [0, 0.1) is 0 Å². The first kappa shape index (κ1) is 8.97. The van der Waals surface area contributed by atoms with Crippen molar-refractivity contribution in [1.82, 2.24) is 4.57 Å². The van der Waals surface area contributed by atoms with Crippen molar-refractivity contribution in [3.8, 4) is 17.0 Å². The van der Waals surface area contributed by atoms with Gasteiger partial charge in [0.2, 0.25) is 0 Å². The summed E-state index contributed by atoms with van der Waals surface area (Å²) in [5, 5.41) is 0. The van der Waals surface area contributed by atoms with Gasteiger partial charge in [-0.1, -0.05) is 12.1 Å². The number of hydrogen-bond acceptors (Lipinski definition) is 2. The molecule has 0 bridgehead atoms. The second-order valence-electron chi connectivity index (χ2n) is 3.55. The lowest BCUT2D eigenvalue weighted by Gasteiger charge is -2.08. The van der Waals surface area contributed by atoms with E-state index in [-0.39, 0.29) is 5.43 Å². The fourth-order valence-electron chi connectivity index (χ4n) is 1.79. The minimum Gasteiger partial charge on any atom is -0.463 e. The number of nitrogens with zero attached hydrogens (tertiary/aromatic N) is 1. The molecule has 3 nitrogen and oxygen atoms in total. The molecule has 3 heteroatoms. The van der Waals surface area contributed by atoms with Crippen LogP contribution >= 0.6 is 0 Å². The van der Waals surface area contributed by atoms with Gasteiger partial charge in [0.1, 0.15) is 12.0 Å². The quantitative estimate of drug-likeness (QED) is 0.669. The van der Waals surface area contributed by atoms with E-state index < -0.39 is 0 Å². The highest BCUT2D eigenvalue weighted by Gasteiger charge is 2.10. The van der Waals surface area contributed by atoms with Gasteiger partial charge in [-0.25, -0.2) is 0 Å². The summed E-state index contributed by atoms with van der Waals surface area (Å²) >= 11 is 0. The maximum atomic E-state index is 11.4. The molecule has 1 aliphatic heterocycles. The van der Waals surface area contributed by atoms with Gasteiger partial charge in [-0.2, -0.15) is 0 Å². The molecular weight excluding hydrogens is 202 g/mol. The number of pyridine rings is 1. The monoisotopic (exact) mass is 211 g/mol.